The fourth-order valence-electron chi connectivity index (χ4n) is 3.38. The third-order valence-electron chi connectivity index (χ3n) is 4.80. The molecule has 0 saturated carbocycles. The fraction of sp³-hybridized carbons (Fsp3) is 0.350. The normalized spacial score (nSPS) is 17.8. The van der Waals surface area contributed by atoms with Gasteiger partial charge in [0, 0.05) is 13.1 Å². The standard InChI is InChI=1S/C20H22FN3O/c1-24-11-9-16(10-12-24)25-19(14-5-4-6-15(21)13-14)20-22-17-7-2-3-8-18(17)23-20/h2-8,13,16,19H,9-12H2,1H3,(H,22,23)/t19-/m0/s1. The van der Waals surface area contributed by atoms with Crippen LogP contribution in [0.4, 0.5) is 4.39 Å². The number of nitrogens with one attached hydrogen (secondary N) is 1. The number of fused-ring (bicyclic) bond motifs is 1. The van der Waals surface area contributed by atoms with Crippen LogP contribution in [0.25, 0.3) is 11.0 Å². The van der Waals surface area contributed by atoms with Gasteiger partial charge in [0.25, 0.3) is 0 Å². The van der Waals surface area contributed by atoms with Gasteiger partial charge >= 0.3 is 0 Å². The van der Waals surface area contributed by atoms with Crippen molar-refractivity contribution in [2.24, 2.45) is 0 Å². The SMILES string of the molecule is CN1CCC(O[C@@H](c2cccc(F)c2)c2nc3ccccc3[nH]2)CC1. The Morgan fingerprint density at radius 2 is 1.96 bits per heavy atom. The zero-order valence-corrected chi connectivity index (χ0v) is 14.3. The van der Waals surface area contributed by atoms with Crippen LogP contribution in [-0.2, 0) is 4.74 Å². The van der Waals surface area contributed by atoms with E-state index in [2.05, 4.69) is 21.9 Å². The average molecular weight is 339 g/mol. The molecule has 3 aromatic rings. The summed E-state index contributed by atoms with van der Waals surface area (Å²) in [5.74, 6) is 0.469. The van der Waals surface area contributed by atoms with Gasteiger partial charge < -0.3 is 14.6 Å². The van der Waals surface area contributed by atoms with E-state index in [0.29, 0.717) is 0 Å². The minimum absolute atomic E-state index is 0.151. The van der Waals surface area contributed by atoms with E-state index in [1.807, 2.05) is 30.3 Å². The van der Waals surface area contributed by atoms with E-state index in [4.69, 9.17) is 4.74 Å². The van der Waals surface area contributed by atoms with Crippen molar-refractivity contribution >= 4 is 11.0 Å². The van der Waals surface area contributed by atoms with Crippen LogP contribution < -0.4 is 0 Å². The van der Waals surface area contributed by atoms with E-state index in [9.17, 15) is 4.39 Å². The molecule has 4 nitrogen and oxygen atoms in total. The molecule has 5 heteroatoms. The number of nitrogens with zero attached hydrogens (tertiary/aromatic N) is 2. The number of aromatic nitrogens is 2. The van der Waals surface area contributed by atoms with Gasteiger partial charge in [0.1, 0.15) is 17.7 Å². The molecule has 0 bridgehead atoms. The second-order valence-electron chi connectivity index (χ2n) is 6.71. The van der Waals surface area contributed by atoms with Crippen LogP contribution in [0.15, 0.2) is 48.5 Å². The molecule has 0 spiro atoms. The third kappa shape index (κ3) is 3.57. The lowest BCUT2D eigenvalue weighted by atomic mass is 10.1. The topological polar surface area (TPSA) is 41.1 Å². The molecular formula is C20H22FN3O. The number of imidazole rings is 1. The number of hydrogen-bond acceptors (Lipinski definition) is 3. The summed E-state index contributed by atoms with van der Waals surface area (Å²) in [6.45, 7) is 2.03. The highest BCUT2D eigenvalue weighted by molar-refractivity contribution is 5.74. The van der Waals surface area contributed by atoms with Crippen molar-refractivity contribution in [3.8, 4) is 0 Å². The molecule has 1 aromatic heterocycles. The Morgan fingerprint density at radius 3 is 2.72 bits per heavy atom. The Balaban J connectivity index is 1.67. The monoisotopic (exact) mass is 339 g/mol. The van der Waals surface area contributed by atoms with E-state index in [0.717, 1.165) is 48.4 Å². The molecule has 0 aliphatic carbocycles. The molecule has 0 unspecified atom stereocenters. The van der Waals surface area contributed by atoms with Crippen LogP contribution >= 0.6 is 0 Å². The summed E-state index contributed by atoms with van der Waals surface area (Å²) in [5.41, 5.74) is 2.65. The molecule has 4 rings (SSSR count). The number of H-pyrrole nitrogens is 1. The molecule has 1 N–H and O–H groups in total. The van der Waals surface area contributed by atoms with Crippen molar-refractivity contribution in [1.82, 2.24) is 14.9 Å². The van der Waals surface area contributed by atoms with Crippen molar-refractivity contribution in [2.75, 3.05) is 20.1 Å². The van der Waals surface area contributed by atoms with E-state index in [-0.39, 0.29) is 11.9 Å². The number of benzene rings is 2. The van der Waals surface area contributed by atoms with Crippen LogP contribution in [0.2, 0.25) is 0 Å². The summed E-state index contributed by atoms with van der Waals surface area (Å²) in [7, 11) is 2.12. The van der Waals surface area contributed by atoms with Crippen molar-refractivity contribution in [3.63, 3.8) is 0 Å². The molecule has 130 valence electrons. The maximum Gasteiger partial charge on any atom is 0.141 e. The minimum Gasteiger partial charge on any atom is -0.362 e. The largest absolute Gasteiger partial charge is 0.362 e. The van der Waals surface area contributed by atoms with E-state index in [1.54, 1.807) is 6.07 Å². The fourth-order valence-corrected chi connectivity index (χ4v) is 3.38. The van der Waals surface area contributed by atoms with Gasteiger partial charge in [-0.05, 0) is 49.7 Å². The van der Waals surface area contributed by atoms with E-state index in [1.165, 1.54) is 12.1 Å². The van der Waals surface area contributed by atoms with Crippen molar-refractivity contribution in [3.05, 3.63) is 65.7 Å². The first-order valence-electron chi connectivity index (χ1n) is 8.73. The number of piperidine rings is 1. The molecule has 1 fully saturated rings. The van der Waals surface area contributed by atoms with Crippen molar-refractivity contribution < 1.29 is 9.13 Å². The van der Waals surface area contributed by atoms with Gasteiger partial charge in [-0.25, -0.2) is 9.37 Å². The van der Waals surface area contributed by atoms with Gasteiger partial charge in [0.05, 0.1) is 17.1 Å². The summed E-state index contributed by atoms with van der Waals surface area (Å²) in [6, 6.07) is 14.5. The first-order valence-corrected chi connectivity index (χ1v) is 8.73. The Labute approximate surface area is 146 Å². The molecule has 1 saturated heterocycles. The van der Waals surface area contributed by atoms with Crippen LogP contribution in [0.1, 0.15) is 30.3 Å². The summed E-state index contributed by atoms with van der Waals surface area (Å²) < 4.78 is 20.2. The van der Waals surface area contributed by atoms with Crippen LogP contribution in [0, 0.1) is 5.82 Å². The minimum atomic E-state index is -0.392. The highest BCUT2D eigenvalue weighted by Crippen LogP contribution is 2.30. The Hall–Kier alpha value is -2.24. The quantitative estimate of drug-likeness (QED) is 0.784. The van der Waals surface area contributed by atoms with Gasteiger partial charge in [0.15, 0.2) is 0 Å². The van der Waals surface area contributed by atoms with E-state index < -0.39 is 6.10 Å². The third-order valence-corrected chi connectivity index (χ3v) is 4.80. The summed E-state index contributed by atoms with van der Waals surface area (Å²) in [5, 5.41) is 0. The predicted octanol–water partition coefficient (Wildman–Crippen LogP) is 3.90. The maximum absolute atomic E-state index is 13.8. The number of ether oxygens (including phenoxy) is 1. The number of halogens is 1. The molecular weight excluding hydrogens is 317 g/mol. The lowest BCUT2D eigenvalue weighted by Gasteiger charge is -2.31. The Morgan fingerprint density at radius 1 is 1.16 bits per heavy atom. The van der Waals surface area contributed by atoms with Crippen LogP contribution in [-0.4, -0.2) is 41.1 Å². The summed E-state index contributed by atoms with van der Waals surface area (Å²) in [6.07, 6.45) is 1.71. The number of para-hydroxylation sites is 2. The molecule has 1 aliphatic rings. The first-order chi connectivity index (χ1) is 12.2. The van der Waals surface area contributed by atoms with Crippen molar-refractivity contribution in [2.45, 2.75) is 25.0 Å². The Kier molecular flexibility index (Phi) is 4.51. The first kappa shape index (κ1) is 16.2. The predicted molar refractivity (Wildman–Crippen MR) is 95.9 cm³/mol. The molecule has 0 radical (unpaired) electrons. The zero-order chi connectivity index (χ0) is 17.2. The smallest absolute Gasteiger partial charge is 0.141 e. The number of rotatable bonds is 4. The second-order valence-corrected chi connectivity index (χ2v) is 6.71. The Bertz CT molecular complexity index is 822. The number of hydrogen-bond donors (Lipinski definition) is 1. The zero-order valence-electron chi connectivity index (χ0n) is 14.3. The van der Waals surface area contributed by atoms with Gasteiger partial charge in [-0.2, -0.15) is 0 Å². The highest BCUT2D eigenvalue weighted by Gasteiger charge is 2.26. The molecule has 2 heterocycles. The highest BCUT2D eigenvalue weighted by atomic mass is 19.1. The van der Waals surface area contributed by atoms with Crippen LogP contribution in [0.3, 0.4) is 0 Å². The van der Waals surface area contributed by atoms with Gasteiger partial charge in [-0.1, -0.05) is 24.3 Å². The van der Waals surface area contributed by atoms with Gasteiger partial charge in [-0.3, -0.25) is 0 Å². The number of aromatic amines is 1. The molecule has 1 aliphatic heterocycles. The number of likely N-dealkylation sites (tertiary alicyclic amines) is 1. The lowest BCUT2D eigenvalue weighted by Crippen LogP contribution is -2.35. The summed E-state index contributed by atoms with van der Waals surface area (Å²) >= 11 is 0. The average Bonchev–Trinajstić information content (AvgIpc) is 3.05. The molecule has 0 amide bonds. The summed E-state index contributed by atoms with van der Waals surface area (Å²) in [4.78, 5) is 10.3. The lowest BCUT2D eigenvalue weighted by molar-refractivity contribution is -0.0265. The molecule has 1 atom stereocenters. The van der Waals surface area contributed by atoms with Gasteiger partial charge in [-0.15, -0.1) is 0 Å². The van der Waals surface area contributed by atoms with Crippen molar-refractivity contribution in [1.29, 1.82) is 0 Å². The second kappa shape index (κ2) is 6.94. The van der Waals surface area contributed by atoms with Crippen LogP contribution in [0.5, 0.6) is 0 Å². The maximum atomic E-state index is 13.8. The molecule has 25 heavy (non-hydrogen) atoms. The van der Waals surface area contributed by atoms with Gasteiger partial charge in [0.2, 0.25) is 0 Å². The molecule has 2 aromatic carbocycles. The van der Waals surface area contributed by atoms with E-state index >= 15 is 0 Å².